The molecule has 4 heterocycles. The van der Waals surface area contributed by atoms with E-state index in [1.54, 1.807) is 0 Å². The molecule has 41 heavy (non-hydrogen) atoms. The number of nitrogens with zero attached hydrogens (tertiary/aromatic N) is 2. The van der Waals surface area contributed by atoms with E-state index in [1.165, 1.54) is 27.2 Å². The molecule has 4 aromatic heterocycles. The highest BCUT2D eigenvalue weighted by molar-refractivity contribution is 6.16. The van der Waals surface area contributed by atoms with Crippen LogP contribution in [-0.4, -0.2) is 0 Å². The molecule has 0 aliphatic carbocycles. The number of para-hydroxylation sites is 2. The average molecular weight is 531 g/mol. The lowest BCUT2D eigenvalue weighted by Crippen LogP contribution is -2.28. The molecule has 3 heteroatoms. The molecule has 196 valence electrons. The number of aromatic nitrogens is 2. The van der Waals surface area contributed by atoms with E-state index in [-0.39, 0.29) is 5.41 Å². The Labute approximate surface area is 237 Å². The molecular formula is C38H30N2O+2. The van der Waals surface area contributed by atoms with Gasteiger partial charge in [0.05, 0.1) is 0 Å². The second-order valence-electron chi connectivity index (χ2n) is 11.9. The zero-order chi connectivity index (χ0) is 27.7. The minimum absolute atomic E-state index is 0.0209. The van der Waals surface area contributed by atoms with Crippen LogP contribution in [0.2, 0.25) is 0 Å². The largest absolute Gasteiger partial charge is 0.456 e. The average Bonchev–Trinajstić information content (AvgIpc) is 3.13. The topological polar surface area (TPSA) is 21.3 Å². The predicted octanol–water partition coefficient (Wildman–Crippen LogP) is 8.94. The molecule has 0 N–H and O–H groups in total. The molecule has 0 saturated carbocycles. The van der Waals surface area contributed by atoms with Crippen LogP contribution in [0.5, 0.6) is 0 Å². The number of fused-ring (bicyclic) bond motifs is 13. The van der Waals surface area contributed by atoms with Crippen molar-refractivity contribution in [3.63, 3.8) is 0 Å². The van der Waals surface area contributed by atoms with E-state index in [4.69, 9.17) is 4.42 Å². The minimum atomic E-state index is 0.0209. The first kappa shape index (κ1) is 23.8. The molecule has 8 aromatic rings. The van der Waals surface area contributed by atoms with Crippen molar-refractivity contribution in [1.82, 2.24) is 0 Å². The zero-order valence-corrected chi connectivity index (χ0v) is 23.4. The highest BCUT2D eigenvalue weighted by atomic mass is 16.3. The highest BCUT2D eigenvalue weighted by Crippen LogP contribution is 2.34. The third-order valence-electron chi connectivity index (χ3n) is 8.37. The molecule has 0 unspecified atom stereocenters. The van der Waals surface area contributed by atoms with Crippen molar-refractivity contribution in [3.05, 3.63) is 133 Å². The van der Waals surface area contributed by atoms with Crippen molar-refractivity contribution in [3.8, 4) is 0 Å². The maximum atomic E-state index is 6.74. The summed E-state index contributed by atoms with van der Waals surface area (Å²) in [7, 11) is 0. The van der Waals surface area contributed by atoms with Crippen LogP contribution in [0.15, 0.2) is 132 Å². The maximum absolute atomic E-state index is 6.74. The van der Waals surface area contributed by atoms with E-state index >= 15 is 0 Å². The SMILES string of the molecule is CC(C)(C)c1cc[n+]2c(c1)c1ccccc1[n+]1ccccc1c1cc3oc4ccccc4c4ccccc4c3cc12. The molecule has 8 rings (SSSR count). The zero-order valence-electron chi connectivity index (χ0n) is 23.4. The molecule has 0 atom stereocenters. The monoisotopic (exact) mass is 530 g/mol. The van der Waals surface area contributed by atoms with Gasteiger partial charge in [0.1, 0.15) is 21.9 Å². The Bertz CT molecular complexity index is 2410. The Morgan fingerprint density at radius 1 is 0.439 bits per heavy atom. The van der Waals surface area contributed by atoms with Crippen molar-refractivity contribution in [2.24, 2.45) is 0 Å². The number of benzene rings is 4. The number of hydrogen-bond acceptors (Lipinski definition) is 1. The summed E-state index contributed by atoms with van der Waals surface area (Å²) in [5.74, 6) is 0. The molecule has 0 bridgehead atoms. The van der Waals surface area contributed by atoms with Gasteiger partial charge in [0.25, 0.3) is 0 Å². The first-order valence-corrected chi connectivity index (χ1v) is 14.2. The van der Waals surface area contributed by atoms with Gasteiger partial charge in [-0.05, 0) is 39.9 Å². The molecule has 0 saturated heterocycles. The second kappa shape index (κ2) is 8.74. The lowest BCUT2D eigenvalue weighted by molar-refractivity contribution is -0.488. The lowest BCUT2D eigenvalue weighted by atomic mass is 9.87. The van der Waals surface area contributed by atoms with E-state index in [9.17, 15) is 0 Å². The summed E-state index contributed by atoms with van der Waals surface area (Å²) in [4.78, 5) is 0. The fraction of sp³-hybridized carbons (Fsp3) is 0.105. The molecule has 0 aliphatic rings. The van der Waals surface area contributed by atoms with Crippen molar-refractivity contribution in [2.45, 2.75) is 26.2 Å². The Balaban J connectivity index is 1.73. The first-order valence-electron chi connectivity index (χ1n) is 14.2. The standard InChI is InChI=1S/C38H30N2O/c1-38(2,3)25-19-21-40-34(22-25)29-15-6-8-16-32(29)39-20-11-10-17-33(39)31-24-37-30(23-35(31)40)27-13-5-4-12-26(27)28-14-7-9-18-36(28)41-37/h4-24H,1-3H3/q+2. The Kier molecular flexibility index (Phi) is 5.08. The quantitative estimate of drug-likeness (QED) is 0.179. The van der Waals surface area contributed by atoms with Crippen molar-refractivity contribution < 1.29 is 13.2 Å². The van der Waals surface area contributed by atoms with Gasteiger partial charge in [0.2, 0.25) is 22.1 Å². The molecule has 0 spiro atoms. The van der Waals surface area contributed by atoms with Crippen LogP contribution in [0.3, 0.4) is 0 Å². The van der Waals surface area contributed by atoms with Crippen LogP contribution in [0.1, 0.15) is 26.3 Å². The van der Waals surface area contributed by atoms with Crippen LogP contribution in [-0.2, 0) is 5.41 Å². The summed E-state index contributed by atoms with van der Waals surface area (Å²) in [6.45, 7) is 6.83. The molecule has 0 amide bonds. The number of pyridine rings is 2. The smallest absolute Gasteiger partial charge is 0.226 e. The van der Waals surface area contributed by atoms with Crippen molar-refractivity contribution in [1.29, 1.82) is 0 Å². The van der Waals surface area contributed by atoms with Crippen LogP contribution in [0, 0.1) is 0 Å². The van der Waals surface area contributed by atoms with E-state index in [0.29, 0.717) is 0 Å². The molecule has 3 nitrogen and oxygen atoms in total. The van der Waals surface area contributed by atoms with Gasteiger partial charge in [0.15, 0.2) is 12.4 Å². The first-order chi connectivity index (χ1) is 20.0. The number of rotatable bonds is 0. The second-order valence-corrected chi connectivity index (χ2v) is 11.9. The van der Waals surface area contributed by atoms with E-state index < -0.39 is 0 Å². The van der Waals surface area contributed by atoms with Gasteiger partial charge in [-0.15, -0.1) is 0 Å². The number of hydrogen-bond donors (Lipinski definition) is 0. The predicted molar refractivity (Wildman–Crippen MR) is 169 cm³/mol. The van der Waals surface area contributed by atoms with Crippen LogP contribution >= 0.6 is 0 Å². The molecule has 0 radical (unpaired) electrons. The third kappa shape index (κ3) is 3.66. The summed E-state index contributed by atoms with van der Waals surface area (Å²) in [6.07, 6.45) is 4.41. The third-order valence-corrected chi connectivity index (χ3v) is 8.37. The summed E-state index contributed by atoms with van der Waals surface area (Å²) in [6, 6.07) is 41.3. The summed E-state index contributed by atoms with van der Waals surface area (Å²) in [5, 5.41) is 6.86. The lowest BCUT2D eigenvalue weighted by Gasteiger charge is -2.17. The van der Waals surface area contributed by atoms with Gasteiger partial charge in [-0.25, -0.2) is 0 Å². The molecular weight excluding hydrogens is 500 g/mol. The van der Waals surface area contributed by atoms with Gasteiger partial charge in [-0.3, -0.25) is 0 Å². The van der Waals surface area contributed by atoms with Crippen LogP contribution in [0.25, 0.3) is 65.6 Å². The fourth-order valence-corrected chi connectivity index (χ4v) is 6.27. The summed E-state index contributed by atoms with van der Waals surface area (Å²) >= 11 is 0. The van der Waals surface area contributed by atoms with Gasteiger partial charge < -0.3 is 4.42 Å². The van der Waals surface area contributed by atoms with Crippen LogP contribution in [0.4, 0.5) is 0 Å². The van der Waals surface area contributed by atoms with Gasteiger partial charge in [0, 0.05) is 53.2 Å². The Hall–Kier alpha value is -5.02. The molecule has 0 aliphatic heterocycles. The summed E-state index contributed by atoms with van der Waals surface area (Å²) in [5.41, 5.74) is 7.62. The fourth-order valence-electron chi connectivity index (χ4n) is 6.27. The van der Waals surface area contributed by atoms with Crippen LogP contribution < -0.4 is 8.80 Å². The summed E-state index contributed by atoms with van der Waals surface area (Å²) < 4.78 is 11.4. The molecule has 4 aromatic carbocycles. The molecule has 0 fully saturated rings. The maximum Gasteiger partial charge on any atom is 0.226 e. The van der Waals surface area contributed by atoms with Gasteiger partial charge in [-0.1, -0.05) is 75.4 Å². The minimum Gasteiger partial charge on any atom is -0.456 e. The van der Waals surface area contributed by atoms with E-state index in [2.05, 4.69) is 151 Å². The van der Waals surface area contributed by atoms with Gasteiger partial charge >= 0.3 is 0 Å². The Morgan fingerprint density at radius 2 is 1.02 bits per heavy atom. The Morgan fingerprint density at radius 3 is 1.80 bits per heavy atom. The normalized spacial score (nSPS) is 12.3. The van der Waals surface area contributed by atoms with Crippen molar-refractivity contribution >= 4 is 65.6 Å². The van der Waals surface area contributed by atoms with E-state index in [1.807, 2.05) is 6.07 Å². The van der Waals surface area contributed by atoms with E-state index in [0.717, 1.165) is 43.9 Å². The van der Waals surface area contributed by atoms with Gasteiger partial charge in [-0.2, -0.15) is 8.80 Å². The highest BCUT2D eigenvalue weighted by Gasteiger charge is 2.23. The van der Waals surface area contributed by atoms with Crippen molar-refractivity contribution in [2.75, 3.05) is 0 Å².